The molecule has 0 aliphatic rings. The fourth-order valence-corrected chi connectivity index (χ4v) is 1.59. The molecule has 100 valence electrons. The van der Waals surface area contributed by atoms with Crippen LogP contribution in [0.25, 0.3) is 0 Å². The van der Waals surface area contributed by atoms with E-state index in [2.05, 4.69) is 29.2 Å². The molecule has 0 spiro atoms. The Morgan fingerprint density at radius 2 is 2.00 bits per heavy atom. The van der Waals surface area contributed by atoms with Crippen LogP contribution in [-0.2, 0) is 0 Å². The highest BCUT2D eigenvalue weighted by Crippen LogP contribution is 2.03. The largest absolute Gasteiger partial charge is 0.370 e. The van der Waals surface area contributed by atoms with Crippen LogP contribution in [0.3, 0.4) is 0 Å². The Morgan fingerprint density at radius 3 is 2.67 bits per heavy atom. The van der Waals surface area contributed by atoms with Gasteiger partial charge in [0.25, 0.3) is 0 Å². The standard InChI is InChI=1S/C14H24N4/c1-3-4-11-18(2)12-10-16-14(15)17-13-8-6-5-7-9-13/h5-9H,3-4,10-12H2,1-2H3,(H3,15,16,17). The molecule has 0 radical (unpaired) electrons. The summed E-state index contributed by atoms with van der Waals surface area (Å²) in [4.78, 5) is 6.59. The van der Waals surface area contributed by atoms with E-state index in [1.54, 1.807) is 0 Å². The highest BCUT2D eigenvalue weighted by atomic mass is 15.1. The predicted molar refractivity (Wildman–Crippen MR) is 79.0 cm³/mol. The Labute approximate surface area is 110 Å². The average molecular weight is 248 g/mol. The number of rotatable bonds is 7. The maximum atomic E-state index is 5.81. The number of likely N-dealkylation sites (N-methyl/N-ethyl adjacent to an activating group) is 1. The van der Waals surface area contributed by atoms with Crippen LogP contribution in [0, 0.1) is 0 Å². The van der Waals surface area contributed by atoms with Crippen molar-refractivity contribution in [2.45, 2.75) is 19.8 Å². The van der Waals surface area contributed by atoms with Gasteiger partial charge in [0.15, 0.2) is 5.96 Å². The van der Waals surface area contributed by atoms with Gasteiger partial charge in [0.05, 0.1) is 6.54 Å². The quantitative estimate of drug-likeness (QED) is 0.574. The summed E-state index contributed by atoms with van der Waals surface area (Å²) in [6.45, 7) is 4.99. The minimum absolute atomic E-state index is 0.477. The highest BCUT2D eigenvalue weighted by Gasteiger charge is 1.97. The van der Waals surface area contributed by atoms with E-state index in [9.17, 15) is 0 Å². The lowest BCUT2D eigenvalue weighted by Crippen LogP contribution is -2.26. The third kappa shape index (κ3) is 6.25. The van der Waals surface area contributed by atoms with E-state index in [0.717, 1.165) is 25.3 Å². The van der Waals surface area contributed by atoms with E-state index in [1.807, 2.05) is 30.3 Å². The third-order valence-corrected chi connectivity index (χ3v) is 2.70. The van der Waals surface area contributed by atoms with E-state index in [1.165, 1.54) is 12.8 Å². The smallest absolute Gasteiger partial charge is 0.193 e. The Kier molecular flexibility index (Phi) is 6.87. The van der Waals surface area contributed by atoms with Crippen LogP contribution in [0.15, 0.2) is 35.3 Å². The van der Waals surface area contributed by atoms with Crippen molar-refractivity contribution in [2.75, 3.05) is 32.0 Å². The molecular formula is C14H24N4. The number of unbranched alkanes of at least 4 members (excludes halogenated alkanes) is 1. The molecule has 1 rings (SSSR count). The van der Waals surface area contributed by atoms with Gasteiger partial charge in [-0.25, -0.2) is 0 Å². The molecule has 0 saturated heterocycles. The summed E-state index contributed by atoms with van der Waals surface area (Å²) in [5.74, 6) is 0.477. The van der Waals surface area contributed by atoms with E-state index < -0.39 is 0 Å². The lowest BCUT2D eigenvalue weighted by Gasteiger charge is -2.14. The second-order valence-corrected chi connectivity index (χ2v) is 4.41. The molecule has 0 unspecified atom stereocenters. The number of nitrogens with two attached hydrogens (primary N) is 1. The molecule has 0 heterocycles. The first-order valence-electron chi connectivity index (χ1n) is 6.53. The van der Waals surface area contributed by atoms with Gasteiger partial charge in [0, 0.05) is 12.2 Å². The van der Waals surface area contributed by atoms with Crippen molar-refractivity contribution in [3.63, 3.8) is 0 Å². The van der Waals surface area contributed by atoms with Gasteiger partial charge in [-0.3, -0.25) is 4.99 Å². The molecule has 0 saturated carbocycles. The van der Waals surface area contributed by atoms with Crippen molar-refractivity contribution >= 4 is 11.6 Å². The molecule has 0 bridgehead atoms. The van der Waals surface area contributed by atoms with Crippen molar-refractivity contribution in [1.82, 2.24) is 4.90 Å². The molecule has 0 aliphatic heterocycles. The third-order valence-electron chi connectivity index (χ3n) is 2.70. The molecule has 4 nitrogen and oxygen atoms in total. The van der Waals surface area contributed by atoms with Crippen LogP contribution in [0.1, 0.15) is 19.8 Å². The number of guanidine groups is 1. The monoisotopic (exact) mass is 248 g/mol. The zero-order valence-corrected chi connectivity index (χ0v) is 11.4. The average Bonchev–Trinajstić information content (AvgIpc) is 2.37. The summed E-state index contributed by atoms with van der Waals surface area (Å²) in [6, 6.07) is 9.84. The number of hydrogen-bond acceptors (Lipinski definition) is 2. The fourth-order valence-electron chi connectivity index (χ4n) is 1.59. The van der Waals surface area contributed by atoms with Gasteiger partial charge >= 0.3 is 0 Å². The van der Waals surface area contributed by atoms with Crippen molar-refractivity contribution in [2.24, 2.45) is 10.7 Å². The van der Waals surface area contributed by atoms with Crippen molar-refractivity contribution < 1.29 is 0 Å². The van der Waals surface area contributed by atoms with Gasteiger partial charge in [-0.15, -0.1) is 0 Å². The molecular weight excluding hydrogens is 224 g/mol. The summed E-state index contributed by atoms with van der Waals surface area (Å²) in [6.07, 6.45) is 2.46. The number of anilines is 1. The summed E-state index contributed by atoms with van der Waals surface area (Å²) in [7, 11) is 2.12. The van der Waals surface area contributed by atoms with Crippen LogP contribution in [0.2, 0.25) is 0 Å². The fraction of sp³-hybridized carbons (Fsp3) is 0.500. The number of hydrogen-bond donors (Lipinski definition) is 2. The molecule has 0 aliphatic carbocycles. The topological polar surface area (TPSA) is 53.6 Å². The van der Waals surface area contributed by atoms with Gasteiger partial charge < -0.3 is 16.0 Å². The van der Waals surface area contributed by atoms with Gasteiger partial charge in [0.2, 0.25) is 0 Å². The van der Waals surface area contributed by atoms with Gasteiger partial charge in [0.1, 0.15) is 0 Å². The summed E-state index contributed by atoms with van der Waals surface area (Å²) in [5.41, 5.74) is 6.78. The zero-order chi connectivity index (χ0) is 13.2. The molecule has 0 atom stereocenters. The van der Waals surface area contributed by atoms with E-state index in [-0.39, 0.29) is 0 Å². The molecule has 1 aromatic carbocycles. The number of nitrogens with zero attached hydrogens (tertiary/aromatic N) is 2. The van der Waals surface area contributed by atoms with Crippen LogP contribution in [0.4, 0.5) is 5.69 Å². The van der Waals surface area contributed by atoms with Gasteiger partial charge in [-0.1, -0.05) is 31.5 Å². The Bertz CT molecular complexity index is 348. The molecule has 0 amide bonds. The van der Waals surface area contributed by atoms with Crippen molar-refractivity contribution in [3.8, 4) is 0 Å². The summed E-state index contributed by atoms with van der Waals surface area (Å²) in [5, 5.41) is 3.07. The minimum Gasteiger partial charge on any atom is -0.370 e. The number of para-hydroxylation sites is 1. The second kappa shape index (κ2) is 8.53. The number of aliphatic imine (C=N–C) groups is 1. The molecule has 1 aromatic rings. The zero-order valence-electron chi connectivity index (χ0n) is 11.4. The Hall–Kier alpha value is -1.55. The van der Waals surface area contributed by atoms with E-state index in [4.69, 9.17) is 5.73 Å². The Morgan fingerprint density at radius 1 is 1.28 bits per heavy atom. The second-order valence-electron chi connectivity index (χ2n) is 4.41. The van der Waals surface area contributed by atoms with Crippen LogP contribution < -0.4 is 11.1 Å². The lowest BCUT2D eigenvalue weighted by atomic mass is 10.3. The highest BCUT2D eigenvalue weighted by molar-refractivity contribution is 5.92. The maximum Gasteiger partial charge on any atom is 0.193 e. The van der Waals surface area contributed by atoms with Crippen molar-refractivity contribution in [3.05, 3.63) is 30.3 Å². The molecule has 4 heteroatoms. The summed E-state index contributed by atoms with van der Waals surface area (Å²) >= 11 is 0. The molecule has 0 aromatic heterocycles. The van der Waals surface area contributed by atoms with Crippen LogP contribution in [-0.4, -0.2) is 37.5 Å². The lowest BCUT2D eigenvalue weighted by molar-refractivity contribution is 0.337. The minimum atomic E-state index is 0.477. The summed E-state index contributed by atoms with van der Waals surface area (Å²) < 4.78 is 0. The van der Waals surface area contributed by atoms with Crippen LogP contribution in [0.5, 0.6) is 0 Å². The first-order chi connectivity index (χ1) is 8.72. The SMILES string of the molecule is CCCCN(C)CCN=C(N)Nc1ccccc1. The predicted octanol–water partition coefficient (Wildman–Crippen LogP) is 2.15. The first kappa shape index (κ1) is 14.5. The van der Waals surface area contributed by atoms with E-state index >= 15 is 0 Å². The Balaban J connectivity index is 2.25. The number of nitrogens with one attached hydrogen (secondary N) is 1. The van der Waals surface area contributed by atoms with E-state index in [0.29, 0.717) is 5.96 Å². The van der Waals surface area contributed by atoms with Gasteiger partial charge in [-0.05, 0) is 32.1 Å². The maximum absolute atomic E-state index is 5.81. The number of benzene rings is 1. The van der Waals surface area contributed by atoms with Crippen LogP contribution >= 0.6 is 0 Å². The molecule has 3 N–H and O–H groups in total. The first-order valence-corrected chi connectivity index (χ1v) is 6.53. The van der Waals surface area contributed by atoms with Gasteiger partial charge in [-0.2, -0.15) is 0 Å². The molecule has 0 fully saturated rings. The molecule has 18 heavy (non-hydrogen) atoms. The normalized spacial score (nSPS) is 11.8. The van der Waals surface area contributed by atoms with Crippen molar-refractivity contribution in [1.29, 1.82) is 0 Å².